The van der Waals surface area contributed by atoms with Crippen molar-refractivity contribution in [1.82, 2.24) is 10.1 Å². The van der Waals surface area contributed by atoms with Crippen LogP contribution < -0.4 is 4.74 Å². The van der Waals surface area contributed by atoms with Gasteiger partial charge >= 0.3 is 0 Å². The number of hydrogen-bond acceptors (Lipinski definition) is 4. The van der Waals surface area contributed by atoms with Crippen molar-refractivity contribution in [3.8, 4) is 28.6 Å². The highest BCUT2D eigenvalue weighted by molar-refractivity contribution is 5.61. The van der Waals surface area contributed by atoms with Crippen molar-refractivity contribution in [1.29, 1.82) is 0 Å². The summed E-state index contributed by atoms with van der Waals surface area (Å²) in [5, 5.41) is 4.01. The Balaban J connectivity index is 1.52. The third kappa shape index (κ3) is 3.62. The Bertz CT molecular complexity index is 998. The smallest absolute Gasteiger partial charge is 0.258 e. The van der Waals surface area contributed by atoms with Gasteiger partial charge in [0.2, 0.25) is 5.82 Å². The van der Waals surface area contributed by atoms with Crippen molar-refractivity contribution in [2.45, 2.75) is 6.61 Å². The lowest BCUT2D eigenvalue weighted by Gasteiger charge is -2.06. The molecule has 128 valence electrons. The highest BCUT2D eigenvalue weighted by Crippen LogP contribution is 2.25. The topological polar surface area (TPSA) is 48.2 Å². The molecule has 3 aromatic carbocycles. The van der Waals surface area contributed by atoms with E-state index in [1.54, 1.807) is 12.1 Å². The summed E-state index contributed by atoms with van der Waals surface area (Å²) in [6.07, 6.45) is 0. The minimum Gasteiger partial charge on any atom is -0.489 e. The standard InChI is InChI=1S/C21H15FN2O2/c22-18-11-9-16(10-12-18)21-23-20(24-26-21)17-7-4-8-19(13-17)25-14-15-5-2-1-3-6-15/h1-13H,14H2. The van der Waals surface area contributed by atoms with Gasteiger partial charge in [-0.15, -0.1) is 0 Å². The fraction of sp³-hybridized carbons (Fsp3) is 0.0476. The summed E-state index contributed by atoms with van der Waals surface area (Å²) >= 11 is 0. The van der Waals surface area contributed by atoms with Gasteiger partial charge in [0.15, 0.2) is 0 Å². The van der Waals surface area contributed by atoms with Crippen LogP contribution in [0.2, 0.25) is 0 Å². The van der Waals surface area contributed by atoms with Crippen molar-refractivity contribution < 1.29 is 13.7 Å². The van der Waals surface area contributed by atoms with Gasteiger partial charge in [-0.1, -0.05) is 47.6 Å². The Hall–Kier alpha value is -3.47. The molecule has 5 heteroatoms. The van der Waals surface area contributed by atoms with Gasteiger partial charge in [0.05, 0.1) is 0 Å². The van der Waals surface area contributed by atoms with E-state index in [0.29, 0.717) is 23.9 Å². The Morgan fingerprint density at radius 2 is 1.65 bits per heavy atom. The van der Waals surface area contributed by atoms with Crippen molar-refractivity contribution in [3.05, 3.63) is 90.2 Å². The molecule has 0 aliphatic rings. The molecule has 4 rings (SSSR count). The van der Waals surface area contributed by atoms with Gasteiger partial charge in [0.25, 0.3) is 5.89 Å². The van der Waals surface area contributed by atoms with Gasteiger partial charge in [0, 0.05) is 11.1 Å². The van der Waals surface area contributed by atoms with Crippen molar-refractivity contribution >= 4 is 0 Å². The third-order valence-electron chi connectivity index (χ3n) is 3.86. The summed E-state index contributed by atoms with van der Waals surface area (Å²) in [5.74, 6) is 1.21. The van der Waals surface area contributed by atoms with Gasteiger partial charge in [-0.25, -0.2) is 4.39 Å². The van der Waals surface area contributed by atoms with Crippen LogP contribution in [0.3, 0.4) is 0 Å². The minimum absolute atomic E-state index is 0.309. The average molecular weight is 346 g/mol. The van der Waals surface area contributed by atoms with E-state index in [1.165, 1.54) is 12.1 Å². The van der Waals surface area contributed by atoms with Gasteiger partial charge in [-0.3, -0.25) is 0 Å². The zero-order valence-corrected chi connectivity index (χ0v) is 13.8. The summed E-state index contributed by atoms with van der Waals surface area (Å²) in [6.45, 7) is 0.483. The van der Waals surface area contributed by atoms with Gasteiger partial charge in [-0.05, 0) is 42.0 Å². The molecule has 0 aliphatic heterocycles. The van der Waals surface area contributed by atoms with Crippen LogP contribution in [0.25, 0.3) is 22.8 Å². The Morgan fingerprint density at radius 3 is 2.46 bits per heavy atom. The van der Waals surface area contributed by atoms with Gasteiger partial charge in [0.1, 0.15) is 18.2 Å². The average Bonchev–Trinajstić information content (AvgIpc) is 3.18. The fourth-order valence-electron chi connectivity index (χ4n) is 2.52. The highest BCUT2D eigenvalue weighted by Gasteiger charge is 2.11. The molecular weight excluding hydrogens is 331 g/mol. The quantitative estimate of drug-likeness (QED) is 0.503. The van der Waals surface area contributed by atoms with Crippen LogP contribution in [0.4, 0.5) is 4.39 Å². The molecule has 0 N–H and O–H groups in total. The molecule has 0 spiro atoms. The number of halogens is 1. The van der Waals surface area contributed by atoms with E-state index in [0.717, 1.165) is 16.9 Å². The van der Waals surface area contributed by atoms with E-state index in [1.807, 2.05) is 54.6 Å². The van der Waals surface area contributed by atoms with Crippen molar-refractivity contribution in [2.75, 3.05) is 0 Å². The molecule has 4 nitrogen and oxygen atoms in total. The second-order valence-corrected chi connectivity index (χ2v) is 5.73. The molecule has 0 saturated heterocycles. The molecular formula is C21H15FN2O2. The Kier molecular flexibility index (Phi) is 4.43. The maximum atomic E-state index is 13.0. The molecule has 0 unspecified atom stereocenters. The molecule has 1 aromatic heterocycles. The number of aromatic nitrogens is 2. The van der Waals surface area contributed by atoms with Crippen LogP contribution in [-0.4, -0.2) is 10.1 Å². The maximum Gasteiger partial charge on any atom is 0.258 e. The lowest BCUT2D eigenvalue weighted by Crippen LogP contribution is -1.95. The molecule has 4 aromatic rings. The van der Waals surface area contributed by atoms with E-state index < -0.39 is 0 Å². The fourth-order valence-corrected chi connectivity index (χ4v) is 2.52. The number of rotatable bonds is 5. The van der Waals surface area contributed by atoms with E-state index in [9.17, 15) is 4.39 Å². The number of benzene rings is 3. The van der Waals surface area contributed by atoms with Crippen LogP contribution in [-0.2, 0) is 6.61 Å². The maximum absolute atomic E-state index is 13.0. The molecule has 0 saturated carbocycles. The lowest BCUT2D eigenvalue weighted by atomic mass is 10.2. The van der Waals surface area contributed by atoms with Crippen LogP contribution in [0, 0.1) is 5.82 Å². The van der Waals surface area contributed by atoms with Crippen LogP contribution in [0.5, 0.6) is 5.75 Å². The SMILES string of the molecule is Fc1ccc(-c2nc(-c3cccc(OCc4ccccc4)c3)no2)cc1. The Labute approximate surface area is 149 Å². The Morgan fingerprint density at radius 1 is 0.846 bits per heavy atom. The molecule has 0 radical (unpaired) electrons. The molecule has 0 atom stereocenters. The monoisotopic (exact) mass is 346 g/mol. The van der Waals surface area contributed by atoms with Crippen molar-refractivity contribution in [2.24, 2.45) is 0 Å². The molecule has 1 heterocycles. The van der Waals surface area contributed by atoms with E-state index in [-0.39, 0.29) is 5.82 Å². The zero-order valence-electron chi connectivity index (χ0n) is 13.8. The normalized spacial score (nSPS) is 10.7. The second-order valence-electron chi connectivity index (χ2n) is 5.73. The largest absolute Gasteiger partial charge is 0.489 e. The van der Waals surface area contributed by atoms with E-state index in [2.05, 4.69) is 10.1 Å². The first-order chi connectivity index (χ1) is 12.8. The molecule has 0 amide bonds. The van der Waals surface area contributed by atoms with Crippen molar-refractivity contribution in [3.63, 3.8) is 0 Å². The third-order valence-corrected chi connectivity index (χ3v) is 3.86. The predicted molar refractivity (Wildman–Crippen MR) is 95.9 cm³/mol. The summed E-state index contributed by atoms with van der Waals surface area (Å²) in [7, 11) is 0. The highest BCUT2D eigenvalue weighted by atomic mass is 19.1. The van der Waals surface area contributed by atoms with Gasteiger partial charge in [-0.2, -0.15) is 4.98 Å². The molecule has 0 fully saturated rings. The lowest BCUT2D eigenvalue weighted by molar-refractivity contribution is 0.306. The van der Waals surface area contributed by atoms with Crippen LogP contribution in [0.1, 0.15) is 5.56 Å². The molecule has 26 heavy (non-hydrogen) atoms. The number of hydrogen-bond donors (Lipinski definition) is 0. The van der Waals surface area contributed by atoms with E-state index in [4.69, 9.17) is 9.26 Å². The van der Waals surface area contributed by atoms with Crippen LogP contribution >= 0.6 is 0 Å². The number of nitrogens with zero attached hydrogens (tertiary/aromatic N) is 2. The number of ether oxygens (including phenoxy) is 1. The summed E-state index contributed by atoms with van der Waals surface area (Å²) in [5.41, 5.74) is 2.55. The predicted octanol–water partition coefficient (Wildman–Crippen LogP) is 5.12. The second kappa shape index (κ2) is 7.19. The van der Waals surface area contributed by atoms with E-state index >= 15 is 0 Å². The first-order valence-electron chi connectivity index (χ1n) is 8.15. The minimum atomic E-state index is -0.309. The first kappa shape index (κ1) is 16.0. The molecule has 0 aliphatic carbocycles. The summed E-state index contributed by atoms with van der Waals surface area (Å²) in [6, 6.07) is 23.4. The van der Waals surface area contributed by atoms with Crippen LogP contribution in [0.15, 0.2) is 83.4 Å². The summed E-state index contributed by atoms with van der Waals surface area (Å²) in [4.78, 5) is 4.38. The van der Waals surface area contributed by atoms with Gasteiger partial charge < -0.3 is 9.26 Å². The first-order valence-corrected chi connectivity index (χ1v) is 8.15. The molecule has 0 bridgehead atoms. The zero-order chi connectivity index (χ0) is 17.8. The summed E-state index contributed by atoms with van der Waals surface area (Å²) < 4.78 is 24.2.